The maximum Gasteiger partial charge on any atom is 0.321 e. The van der Waals surface area contributed by atoms with Gasteiger partial charge >= 0.3 is 6.03 Å². The number of rotatable bonds is 2. The number of anilines is 1. The molecule has 1 N–H and O–H groups in total. The second-order valence-electron chi connectivity index (χ2n) is 6.04. The lowest BCUT2D eigenvalue weighted by Gasteiger charge is -2.34. The maximum absolute atomic E-state index is 12.4. The average Bonchev–Trinajstić information content (AvgIpc) is 2.65. The van der Waals surface area contributed by atoms with Crippen LogP contribution in [0.5, 0.6) is 0 Å². The van der Waals surface area contributed by atoms with Gasteiger partial charge in [0.15, 0.2) is 0 Å². The SMILES string of the molecule is Cc1ccc(NC(=O)N2CCN(C(=O)c3ccccc3)CC2)cc1Cl. The summed E-state index contributed by atoms with van der Waals surface area (Å²) < 4.78 is 0. The van der Waals surface area contributed by atoms with Gasteiger partial charge in [-0.2, -0.15) is 0 Å². The van der Waals surface area contributed by atoms with Gasteiger partial charge in [0.25, 0.3) is 5.91 Å². The van der Waals surface area contributed by atoms with E-state index in [-0.39, 0.29) is 11.9 Å². The number of amides is 3. The van der Waals surface area contributed by atoms with Crippen LogP contribution in [0.1, 0.15) is 15.9 Å². The Morgan fingerprint density at radius 2 is 1.60 bits per heavy atom. The monoisotopic (exact) mass is 357 g/mol. The van der Waals surface area contributed by atoms with Gasteiger partial charge in [0, 0.05) is 42.5 Å². The van der Waals surface area contributed by atoms with Crippen molar-refractivity contribution in [3.05, 3.63) is 64.7 Å². The normalized spacial score (nSPS) is 14.3. The summed E-state index contributed by atoms with van der Waals surface area (Å²) in [4.78, 5) is 28.3. The average molecular weight is 358 g/mol. The fourth-order valence-corrected chi connectivity index (χ4v) is 2.93. The molecule has 2 aromatic rings. The van der Waals surface area contributed by atoms with Crippen molar-refractivity contribution in [3.8, 4) is 0 Å². The highest BCUT2D eigenvalue weighted by Gasteiger charge is 2.24. The van der Waals surface area contributed by atoms with Crippen LogP contribution in [-0.4, -0.2) is 47.9 Å². The Morgan fingerprint density at radius 1 is 0.960 bits per heavy atom. The van der Waals surface area contributed by atoms with Crippen molar-refractivity contribution in [1.29, 1.82) is 0 Å². The van der Waals surface area contributed by atoms with Crippen molar-refractivity contribution < 1.29 is 9.59 Å². The zero-order chi connectivity index (χ0) is 17.8. The van der Waals surface area contributed by atoms with E-state index < -0.39 is 0 Å². The molecule has 0 spiro atoms. The van der Waals surface area contributed by atoms with Gasteiger partial charge in [0.2, 0.25) is 0 Å². The van der Waals surface area contributed by atoms with Crippen LogP contribution in [0.15, 0.2) is 48.5 Å². The number of carbonyl (C=O) groups excluding carboxylic acids is 2. The lowest BCUT2D eigenvalue weighted by molar-refractivity contribution is 0.0671. The molecule has 0 atom stereocenters. The van der Waals surface area contributed by atoms with Gasteiger partial charge in [-0.1, -0.05) is 35.9 Å². The standard InChI is InChI=1S/C19H20ClN3O2/c1-14-7-8-16(13-17(14)20)21-19(25)23-11-9-22(10-12-23)18(24)15-5-3-2-4-6-15/h2-8,13H,9-12H2,1H3,(H,21,25). The van der Waals surface area contributed by atoms with Gasteiger partial charge in [-0.25, -0.2) is 4.79 Å². The molecular formula is C19H20ClN3O2. The number of carbonyl (C=O) groups is 2. The topological polar surface area (TPSA) is 52.7 Å². The number of hydrogen-bond acceptors (Lipinski definition) is 2. The third-order valence-corrected chi connectivity index (χ3v) is 4.71. The Bertz CT molecular complexity index is 771. The molecule has 1 aliphatic rings. The summed E-state index contributed by atoms with van der Waals surface area (Å²) in [7, 11) is 0. The predicted molar refractivity (Wildman–Crippen MR) is 99.1 cm³/mol. The fraction of sp³-hybridized carbons (Fsp3) is 0.263. The van der Waals surface area contributed by atoms with Crippen LogP contribution in [0, 0.1) is 6.92 Å². The molecule has 130 valence electrons. The first-order valence-electron chi connectivity index (χ1n) is 8.21. The number of piperazine rings is 1. The molecule has 0 aromatic heterocycles. The van der Waals surface area contributed by atoms with E-state index in [1.807, 2.05) is 49.4 Å². The molecular weight excluding hydrogens is 338 g/mol. The largest absolute Gasteiger partial charge is 0.335 e. The van der Waals surface area contributed by atoms with Crippen molar-refractivity contribution in [1.82, 2.24) is 9.80 Å². The van der Waals surface area contributed by atoms with Crippen molar-refractivity contribution in [2.45, 2.75) is 6.92 Å². The Hall–Kier alpha value is -2.53. The second-order valence-corrected chi connectivity index (χ2v) is 6.45. The van der Waals surface area contributed by atoms with Gasteiger partial charge in [0.1, 0.15) is 0 Å². The second kappa shape index (κ2) is 7.57. The molecule has 1 heterocycles. The Kier molecular flexibility index (Phi) is 5.24. The number of aryl methyl sites for hydroxylation is 1. The van der Waals surface area contributed by atoms with Crippen LogP contribution >= 0.6 is 11.6 Å². The number of benzene rings is 2. The fourth-order valence-electron chi connectivity index (χ4n) is 2.75. The van der Waals surface area contributed by atoms with Crippen LogP contribution < -0.4 is 5.32 Å². The molecule has 3 amide bonds. The summed E-state index contributed by atoms with van der Waals surface area (Å²) in [5.74, 6) is 0.00553. The Labute approximate surface area is 152 Å². The summed E-state index contributed by atoms with van der Waals surface area (Å²) in [5.41, 5.74) is 2.31. The molecule has 2 aromatic carbocycles. The van der Waals surface area contributed by atoms with Crippen molar-refractivity contribution in [2.24, 2.45) is 0 Å². The van der Waals surface area contributed by atoms with Crippen LogP contribution in [0.25, 0.3) is 0 Å². The minimum Gasteiger partial charge on any atom is -0.335 e. The third-order valence-electron chi connectivity index (χ3n) is 4.30. The van der Waals surface area contributed by atoms with E-state index in [1.165, 1.54) is 0 Å². The minimum atomic E-state index is -0.174. The Balaban J connectivity index is 1.55. The molecule has 0 aliphatic carbocycles. The summed E-state index contributed by atoms with van der Waals surface area (Å²) >= 11 is 6.09. The van der Waals surface area contributed by atoms with E-state index in [9.17, 15) is 9.59 Å². The first-order valence-corrected chi connectivity index (χ1v) is 8.59. The summed E-state index contributed by atoms with van der Waals surface area (Å²) in [6.07, 6.45) is 0. The minimum absolute atomic E-state index is 0.00553. The molecule has 0 radical (unpaired) electrons. The number of urea groups is 1. The highest BCUT2D eigenvalue weighted by molar-refractivity contribution is 6.31. The number of hydrogen-bond donors (Lipinski definition) is 1. The third kappa shape index (κ3) is 4.12. The van der Waals surface area contributed by atoms with E-state index in [4.69, 9.17) is 11.6 Å². The van der Waals surface area contributed by atoms with Gasteiger partial charge in [-0.3, -0.25) is 4.79 Å². The number of nitrogens with one attached hydrogen (secondary N) is 1. The Morgan fingerprint density at radius 3 is 2.24 bits per heavy atom. The molecule has 3 rings (SSSR count). The van der Waals surface area contributed by atoms with Gasteiger partial charge in [0.05, 0.1) is 0 Å². The first-order chi connectivity index (χ1) is 12.0. The predicted octanol–water partition coefficient (Wildman–Crippen LogP) is 3.64. The molecule has 0 unspecified atom stereocenters. The highest BCUT2D eigenvalue weighted by atomic mass is 35.5. The molecule has 1 fully saturated rings. The number of halogens is 1. The van der Waals surface area contributed by atoms with Crippen LogP contribution in [-0.2, 0) is 0 Å². The summed E-state index contributed by atoms with van der Waals surface area (Å²) in [6, 6.07) is 14.5. The van der Waals surface area contributed by atoms with E-state index in [0.29, 0.717) is 42.5 Å². The van der Waals surface area contributed by atoms with Crippen molar-refractivity contribution >= 4 is 29.2 Å². The van der Waals surface area contributed by atoms with E-state index in [0.717, 1.165) is 5.56 Å². The van der Waals surface area contributed by atoms with Gasteiger partial charge < -0.3 is 15.1 Å². The smallest absolute Gasteiger partial charge is 0.321 e. The van der Waals surface area contributed by atoms with Crippen molar-refractivity contribution in [3.63, 3.8) is 0 Å². The highest BCUT2D eigenvalue weighted by Crippen LogP contribution is 2.20. The van der Waals surface area contributed by atoms with Gasteiger partial charge in [-0.05, 0) is 36.8 Å². The van der Waals surface area contributed by atoms with Crippen LogP contribution in [0.3, 0.4) is 0 Å². The summed E-state index contributed by atoms with van der Waals surface area (Å²) in [6.45, 7) is 3.97. The van der Waals surface area contributed by atoms with E-state index in [1.54, 1.807) is 15.9 Å². The maximum atomic E-state index is 12.4. The lowest BCUT2D eigenvalue weighted by Crippen LogP contribution is -2.51. The molecule has 6 heteroatoms. The van der Waals surface area contributed by atoms with Gasteiger partial charge in [-0.15, -0.1) is 0 Å². The van der Waals surface area contributed by atoms with Crippen LogP contribution in [0.2, 0.25) is 5.02 Å². The first kappa shape index (κ1) is 17.3. The zero-order valence-corrected chi connectivity index (χ0v) is 14.8. The quantitative estimate of drug-likeness (QED) is 0.892. The molecule has 0 saturated carbocycles. The van der Waals surface area contributed by atoms with Crippen LogP contribution in [0.4, 0.5) is 10.5 Å². The molecule has 5 nitrogen and oxygen atoms in total. The molecule has 0 bridgehead atoms. The molecule has 1 aliphatic heterocycles. The van der Waals surface area contributed by atoms with E-state index >= 15 is 0 Å². The number of nitrogens with zero attached hydrogens (tertiary/aromatic N) is 2. The molecule has 1 saturated heterocycles. The molecule has 25 heavy (non-hydrogen) atoms. The zero-order valence-electron chi connectivity index (χ0n) is 14.0. The van der Waals surface area contributed by atoms with E-state index in [2.05, 4.69) is 5.32 Å². The van der Waals surface area contributed by atoms with Crippen molar-refractivity contribution in [2.75, 3.05) is 31.5 Å². The lowest BCUT2D eigenvalue weighted by atomic mass is 10.2. The summed E-state index contributed by atoms with van der Waals surface area (Å²) in [5, 5.41) is 3.48.